The molecule has 0 rings (SSSR count). The van der Waals surface area contributed by atoms with Crippen molar-refractivity contribution in [1.29, 1.82) is 0 Å². The molecule has 0 spiro atoms. The molecule has 0 aromatic carbocycles. The minimum atomic E-state index is -1.73. The molecule has 0 heterocycles. The Morgan fingerprint density at radius 2 is 0.810 bits per heavy atom. The van der Waals surface area contributed by atoms with E-state index in [4.69, 9.17) is 4.12 Å². The summed E-state index contributed by atoms with van der Waals surface area (Å²) in [4.78, 5) is 0. The molecule has 0 saturated heterocycles. The Hall–Kier alpha value is 1.85. The van der Waals surface area contributed by atoms with Gasteiger partial charge in [-0.05, 0) is 22.2 Å². The van der Waals surface area contributed by atoms with Gasteiger partial charge in [-0.1, -0.05) is 125 Å². The van der Waals surface area contributed by atoms with Gasteiger partial charge < -0.3 is 4.12 Å². The number of hydrogen-bond acceptors (Lipinski definition) is 1. The van der Waals surface area contributed by atoms with Gasteiger partial charge in [0.25, 0.3) is 11.6 Å². The fourth-order valence-electron chi connectivity index (χ4n) is 2.73. The maximum atomic E-state index is 7.29. The lowest BCUT2D eigenvalue weighted by Gasteiger charge is -2.46. The topological polar surface area (TPSA) is 9.23 Å². The van der Waals surface area contributed by atoms with E-state index in [1.54, 1.807) is 0 Å². The second-order valence-electron chi connectivity index (χ2n) is 6.73. The summed E-state index contributed by atoms with van der Waals surface area (Å²) in [5.74, 6) is -3.45. The predicted molar refractivity (Wildman–Crippen MR) is 119 cm³/mol. The van der Waals surface area contributed by atoms with Crippen LogP contribution in [0.15, 0.2) is 0 Å². The Bertz CT molecular complexity index is 254. The summed E-state index contributed by atoms with van der Waals surface area (Å²) in [7, 11) is 0. The van der Waals surface area contributed by atoms with E-state index in [2.05, 4.69) is 99.0 Å². The standard InChI is InChI=1S/C16H36I2OSi2/c1-9-13(5)20(17,14(6)10-2)19-21(18,15(7)11-3)16(8)12-4/h13-16H,9-12H2,1-8H3. The van der Waals surface area contributed by atoms with Gasteiger partial charge in [0.1, 0.15) is 0 Å². The van der Waals surface area contributed by atoms with E-state index >= 15 is 0 Å². The summed E-state index contributed by atoms with van der Waals surface area (Å²) >= 11 is 5.60. The summed E-state index contributed by atoms with van der Waals surface area (Å²) in [5, 5.41) is 0. The summed E-state index contributed by atoms with van der Waals surface area (Å²) < 4.78 is 7.29. The highest BCUT2D eigenvalue weighted by molar-refractivity contribution is 14.1. The van der Waals surface area contributed by atoms with Crippen LogP contribution >= 0.6 is 43.6 Å². The number of hydrogen-bond donors (Lipinski definition) is 0. The van der Waals surface area contributed by atoms with Crippen LogP contribution in [-0.4, -0.2) is 11.6 Å². The Morgan fingerprint density at radius 1 is 0.619 bits per heavy atom. The molecule has 0 fully saturated rings. The van der Waals surface area contributed by atoms with Crippen molar-refractivity contribution in [3.8, 4) is 0 Å². The first-order valence-corrected chi connectivity index (χ1v) is 19.1. The van der Waals surface area contributed by atoms with Crippen LogP contribution in [0.4, 0.5) is 0 Å². The van der Waals surface area contributed by atoms with Crippen LogP contribution in [0.1, 0.15) is 81.1 Å². The maximum Gasteiger partial charge on any atom is 0.254 e. The van der Waals surface area contributed by atoms with Crippen molar-refractivity contribution in [2.24, 2.45) is 0 Å². The molecular weight excluding hydrogens is 518 g/mol. The molecule has 5 heteroatoms. The Balaban J connectivity index is 5.61. The van der Waals surface area contributed by atoms with Gasteiger partial charge >= 0.3 is 0 Å². The molecule has 0 radical (unpaired) electrons. The van der Waals surface area contributed by atoms with Crippen molar-refractivity contribution in [3.63, 3.8) is 0 Å². The number of halogens is 2. The molecule has 0 N–H and O–H groups in total. The van der Waals surface area contributed by atoms with Crippen molar-refractivity contribution in [2.45, 2.75) is 103 Å². The molecule has 4 unspecified atom stereocenters. The molecule has 0 aromatic rings. The lowest BCUT2D eigenvalue weighted by molar-refractivity contribution is 0.482. The van der Waals surface area contributed by atoms with Crippen molar-refractivity contribution in [3.05, 3.63) is 0 Å². The zero-order chi connectivity index (χ0) is 16.8. The molecule has 0 aliphatic carbocycles. The Kier molecular flexibility index (Phi) is 10.9. The molecule has 0 aliphatic heterocycles. The molecule has 21 heavy (non-hydrogen) atoms. The summed E-state index contributed by atoms with van der Waals surface area (Å²) in [6, 6.07) is 0. The van der Waals surface area contributed by atoms with Crippen molar-refractivity contribution in [1.82, 2.24) is 0 Å². The normalized spacial score (nSPS) is 23.7. The van der Waals surface area contributed by atoms with E-state index in [1.807, 2.05) is 0 Å². The summed E-state index contributed by atoms with van der Waals surface area (Å²) in [5.41, 5.74) is 2.95. The van der Waals surface area contributed by atoms with Gasteiger partial charge in [-0.3, -0.25) is 0 Å². The van der Waals surface area contributed by atoms with E-state index in [0.717, 1.165) is 22.2 Å². The van der Waals surface area contributed by atoms with E-state index in [-0.39, 0.29) is 0 Å². The Labute approximate surface area is 161 Å². The van der Waals surface area contributed by atoms with Gasteiger partial charge in [0.2, 0.25) is 0 Å². The first kappa shape index (κ1) is 22.9. The molecule has 0 saturated carbocycles. The highest BCUT2D eigenvalue weighted by atomic mass is 127. The highest BCUT2D eigenvalue weighted by Gasteiger charge is 2.52. The number of rotatable bonds is 10. The monoisotopic (exact) mass is 554 g/mol. The SMILES string of the molecule is CCC(C)[Si](I)(O[Si](I)(C(C)CC)C(C)CC)C(C)CC. The molecular formula is C16H36I2OSi2. The zero-order valence-electron chi connectivity index (χ0n) is 15.3. The zero-order valence-corrected chi connectivity index (χ0v) is 21.6. The van der Waals surface area contributed by atoms with Gasteiger partial charge in [0.15, 0.2) is 0 Å². The quantitative estimate of drug-likeness (QED) is 0.151. The van der Waals surface area contributed by atoms with Crippen molar-refractivity contribution < 1.29 is 4.12 Å². The lowest BCUT2D eigenvalue weighted by atomic mass is 10.4. The average molecular weight is 554 g/mol. The van der Waals surface area contributed by atoms with Crippen molar-refractivity contribution in [2.75, 3.05) is 0 Å². The molecule has 0 aliphatic rings. The summed E-state index contributed by atoms with van der Waals surface area (Å²) in [6.07, 6.45) is 5.01. The maximum absolute atomic E-state index is 7.29. The fourth-order valence-corrected chi connectivity index (χ4v) is 27.7. The highest BCUT2D eigenvalue weighted by Crippen LogP contribution is 2.51. The van der Waals surface area contributed by atoms with E-state index in [1.165, 1.54) is 25.7 Å². The minimum absolute atomic E-state index is 0.739. The molecule has 0 amide bonds. The van der Waals surface area contributed by atoms with Crippen LogP contribution in [0.2, 0.25) is 22.2 Å². The predicted octanol–water partition coefficient (Wildman–Crippen LogP) is 7.96. The van der Waals surface area contributed by atoms with Crippen LogP contribution < -0.4 is 0 Å². The van der Waals surface area contributed by atoms with Gasteiger partial charge in [-0.2, -0.15) is 0 Å². The first-order chi connectivity index (χ1) is 9.63. The van der Waals surface area contributed by atoms with E-state index < -0.39 is 11.6 Å². The van der Waals surface area contributed by atoms with Crippen LogP contribution in [0.25, 0.3) is 0 Å². The van der Waals surface area contributed by atoms with Crippen molar-refractivity contribution >= 4 is 55.2 Å². The molecule has 0 aromatic heterocycles. The van der Waals surface area contributed by atoms with E-state index in [0.29, 0.717) is 0 Å². The third kappa shape index (κ3) is 5.42. The van der Waals surface area contributed by atoms with Crippen LogP contribution in [0.5, 0.6) is 0 Å². The fraction of sp³-hybridized carbons (Fsp3) is 1.00. The first-order valence-electron chi connectivity index (χ1n) is 8.71. The minimum Gasteiger partial charge on any atom is -0.440 e. The van der Waals surface area contributed by atoms with Gasteiger partial charge in [-0.25, -0.2) is 0 Å². The van der Waals surface area contributed by atoms with Crippen LogP contribution in [0, 0.1) is 0 Å². The largest absolute Gasteiger partial charge is 0.440 e. The third-order valence-electron chi connectivity index (χ3n) is 5.45. The van der Waals surface area contributed by atoms with Crippen LogP contribution in [0.3, 0.4) is 0 Å². The molecule has 4 atom stereocenters. The average Bonchev–Trinajstić information content (AvgIpc) is 2.50. The third-order valence-corrected chi connectivity index (χ3v) is 31.7. The van der Waals surface area contributed by atoms with Crippen LogP contribution in [-0.2, 0) is 4.12 Å². The van der Waals surface area contributed by atoms with Gasteiger partial charge in [0, 0.05) is 0 Å². The van der Waals surface area contributed by atoms with E-state index in [9.17, 15) is 0 Å². The molecule has 1 nitrogen and oxygen atoms in total. The molecule has 128 valence electrons. The summed E-state index contributed by atoms with van der Waals surface area (Å²) in [6.45, 7) is 19.1. The Morgan fingerprint density at radius 3 is 0.952 bits per heavy atom. The molecule has 0 bridgehead atoms. The van der Waals surface area contributed by atoms with Gasteiger partial charge in [-0.15, -0.1) is 0 Å². The van der Waals surface area contributed by atoms with Gasteiger partial charge in [0.05, 0.1) is 0 Å². The lowest BCUT2D eigenvalue weighted by Crippen LogP contribution is -2.52. The second kappa shape index (κ2) is 9.98. The smallest absolute Gasteiger partial charge is 0.254 e. The second-order valence-corrected chi connectivity index (χ2v) is 24.4.